The van der Waals surface area contributed by atoms with Crippen molar-refractivity contribution in [2.75, 3.05) is 25.4 Å². The second-order valence-corrected chi connectivity index (χ2v) is 10.2. The molecule has 0 unspecified atom stereocenters. The topological polar surface area (TPSA) is 49.4 Å². The predicted octanol–water partition coefficient (Wildman–Crippen LogP) is 2.39. The number of rotatable bonds is 5. The fourth-order valence-electron chi connectivity index (χ4n) is 2.94. The molecule has 0 aliphatic carbocycles. The second-order valence-electron chi connectivity index (χ2n) is 5.65. The summed E-state index contributed by atoms with van der Waals surface area (Å²) >= 11 is 3.37. The first kappa shape index (κ1) is 15.8. The molecule has 0 spiro atoms. The van der Waals surface area contributed by atoms with E-state index in [0.29, 0.717) is 23.3 Å². The van der Waals surface area contributed by atoms with Crippen LogP contribution in [0.5, 0.6) is 0 Å². The number of sulfonamides is 1. The molecule has 0 bridgehead atoms. The molecule has 3 rings (SSSR count). The lowest BCUT2D eigenvalue weighted by Crippen LogP contribution is -2.45. The fraction of sp³-hybridized carbons (Fsp3) is 0.714. The lowest BCUT2D eigenvalue weighted by Gasteiger charge is -2.31. The molecule has 7 heteroatoms. The van der Waals surface area contributed by atoms with Crippen molar-refractivity contribution in [3.05, 3.63) is 17.5 Å². The minimum atomic E-state index is -3.25. The summed E-state index contributed by atoms with van der Waals surface area (Å²) in [6.07, 6.45) is 4.50. The Morgan fingerprint density at radius 1 is 1.29 bits per heavy atom. The van der Waals surface area contributed by atoms with Crippen LogP contribution in [0.2, 0.25) is 0 Å². The zero-order valence-corrected chi connectivity index (χ0v) is 14.5. The Balaban J connectivity index is 1.48. The van der Waals surface area contributed by atoms with Gasteiger partial charge in [0, 0.05) is 30.9 Å². The number of thioether (sulfide) groups is 1. The Morgan fingerprint density at radius 2 is 2.10 bits per heavy atom. The van der Waals surface area contributed by atoms with E-state index < -0.39 is 10.0 Å². The fourth-order valence-corrected chi connectivity index (χ4v) is 6.77. The third-order valence-corrected chi connectivity index (χ3v) is 8.87. The van der Waals surface area contributed by atoms with Gasteiger partial charge < -0.3 is 5.32 Å². The molecule has 0 aromatic carbocycles. The smallest absolute Gasteiger partial charge is 0.252 e. The van der Waals surface area contributed by atoms with Crippen molar-refractivity contribution in [2.24, 2.45) is 0 Å². The van der Waals surface area contributed by atoms with E-state index in [1.807, 2.05) is 5.38 Å². The summed E-state index contributed by atoms with van der Waals surface area (Å²) in [6.45, 7) is 2.35. The lowest BCUT2D eigenvalue weighted by molar-refractivity contribution is 0.290. The Morgan fingerprint density at radius 3 is 2.71 bits per heavy atom. The first-order valence-electron chi connectivity index (χ1n) is 7.55. The number of nitrogens with zero attached hydrogens (tertiary/aromatic N) is 1. The molecule has 2 fully saturated rings. The van der Waals surface area contributed by atoms with Gasteiger partial charge in [-0.3, -0.25) is 0 Å². The van der Waals surface area contributed by atoms with E-state index in [4.69, 9.17) is 0 Å². The quantitative estimate of drug-likeness (QED) is 0.889. The average Bonchev–Trinajstić information content (AvgIpc) is 3.19. The minimum Gasteiger partial charge on any atom is -0.313 e. The number of thiophene rings is 1. The van der Waals surface area contributed by atoms with Crippen LogP contribution in [0.15, 0.2) is 21.7 Å². The number of nitrogens with one attached hydrogen (secondary N) is 1. The largest absolute Gasteiger partial charge is 0.313 e. The van der Waals surface area contributed by atoms with Gasteiger partial charge in [0.15, 0.2) is 0 Å². The van der Waals surface area contributed by atoms with E-state index in [2.05, 4.69) is 17.1 Å². The summed E-state index contributed by atoms with van der Waals surface area (Å²) in [5.41, 5.74) is 0. The van der Waals surface area contributed by atoms with Crippen LogP contribution in [0.1, 0.15) is 25.7 Å². The highest BCUT2D eigenvalue weighted by Crippen LogP contribution is 2.27. The van der Waals surface area contributed by atoms with Crippen molar-refractivity contribution >= 4 is 33.1 Å². The lowest BCUT2D eigenvalue weighted by atomic mass is 10.1. The van der Waals surface area contributed by atoms with Crippen molar-refractivity contribution in [1.82, 2.24) is 9.62 Å². The van der Waals surface area contributed by atoms with E-state index in [1.54, 1.807) is 16.4 Å². The highest BCUT2D eigenvalue weighted by molar-refractivity contribution is 8.00. The standard InChI is InChI=1S/C14H22N2O2S3/c17-21(18,14-4-2-10-20-14)16-7-5-12(6-8-16)15-11-13-3-1-9-19-13/h2,4,10,12-13,15H,1,3,5-9,11H2/t13-/m1/s1. The molecular formula is C14H22N2O2S3. The first-order valence-corrected chi connectivity index (χ1v) is 10.9. The Labute approximate surface area is 135 Å². The van der Waals surface area contributed by atoms with Gasteiger partial charge in [-0.25, -0.2) is 8.42 Å². The molecule has 1 aromatic heterocycles. The van der Waals surface area contributed by atoms with Gasteiger partial charge in [0.2, 0.25) is 0 Å². The molecule has 1 atom stereocenters. The van der Waals surface area contributed by atoms with E-state index in [0.717, 1.165) is 24.6 Å². The van der Waals surface area contributed by atoms with Crippen molar-refractivity contribution < 1.29 is 8.42 Å². The summed E-state index contributed by atoms with van der Waals surface area (Å²) in [6, 6.07) is 3.97. The molecule has 2 saturated heterocycles. The Hall–Kier alpha value is -0.0800. The monoisotopic (exact) mass is 346 g/mol. The average molecular weight is 347 g/mol. The molecule has 3 heterocycles. The van der Waals surface area contributed by atoms with E-state index in [-0.39, 0.29) is 0 Å². The van der Waals surface area contributed by atoms with Gasteiger partial charge in [0.05, 0.1) is 0 Å². The second kappa shape index (κ2) is 7.00. The maximum atomic E-state index is 12.4. The summed E-state index contributed by atoms with van der Waals surface area (Å²) in [4.78, 5) is 0. The first-order chi connectivity index (χ1) is 10.2. The van der Waals surface area contributed by atoms with Crippen molar-refractivity contribution in [2.45, 2.75) is 41.2 Å². The van der Waals surface area contributed by atoms with Crippen molar-refractivity contribution in [3.63, 3.8) is 0 Å². The van der Waals surface area contributed by atoms with E-state index >= 15 is 0 Å². The molecule has 1 N–H and O–H groups in total. The van der Waals surface area contributed by atoms with Gasteiger partial charge in [-0.2, -0.15) is 16.1 Å². The van der Waals surface area contributed by atoms with Crippen molar-refractivity contribution in [3.8, 4) is 0 Å². The highest BCUT2D eigenvalue weighted by atomic mass is 32.2. The van der Waals surface area contributed by atoms with Gasteiger partial charge in [0.1, 0.15) is 4.21 Å². The van der Waals surface area contributed by atoms with Gasteiger partial charge in [0.25, 0.3) is 10.0 Å². The van der Waals surface area contributed by atoms with Gasteiger partial charge in [-0.1, -0.05) is 6.07 Å². The van der Waals surface area contributed by atoms with Crippen LogP contribution >= 0.6 is 23.1 Å². The van der Waals surface area contributed by atoms with Gasteiger partial charge >= 0.3 is 0 Å². The third-order valence-electron chi connectivity index (χ3n) is 4.20. The number of hydrogen-bond donors (Lipinski definition) is 1. The summed E-state index contributed by atoms with van der Waals surface area (Å²) in [5, 5.41) is 6.21. The molecular weight excluding hydrogens is 324 g/mol. The molecule has 0 radical (unpaired) electrons. The van der Waals surface area contributed by atoms with Crippen LogP contribution in [0.4, 0.5) is 0 Å². The van der Waals surface area contributed by atoms with Gasteiger partial charge in [-0.15, -0.1) is 11.3 Å². The van der Waals surface area contributed by atoms with E-state index in [9.17, 15) is 8.42 Å². The highest BCUT2D eigenvalue weighted by Gasteiger charge is 2.30. The molecule has 4 nitrogen and oxygen atoms in total. The van der Waals surface area contributed by atoms with Crippen LogP contribution in [-0.4, -0.2) is 49.4 Å². The summed E-state index contributed by atoms with van der Waals surface area (Å²) < 4.78 is 27.0. The number of piperidine rings is 1. The minimum absolute atomic E-state index is 0.469. The van der Waals surface area contributed by atoms with Crippen LogP contribution < -0.4 is 5.32 Å². The van der Waals surface area contributed by atoms with Crippen LogP contribution in [0, 0.1) is 0 Å². The zero-order valence-electron chi connectivity index (χ0n) is 12.0. The Kier molecular flexibility index (Phi) is 5.27. The molecule has 2 aliphatic heterocycles. The van der Waals surface area contributed by atoms with Crippen molar-refractivity contribution in [1.29, 1.82) is 0 Å². The summed E-state index contributed by atoms with van der Waals surface area (Å²) in [5.74, 6) is 1.30. The normalized spacial score (nSPS) is 25.4. The maximum absolute atomic E-state index is 12.4. The molecule has 118 valence electrons. The molecule has 0 amide bonds. The molecule has 1 aromatic rings. The van der Waals surface area contributed by atoms with Crippen LogP contribution in [-0.2, 0) is 10.0 Å². The van der Waals surface area contributed by atoms with Crippen LogP contribution in [0.3, 0.4) is 0 Å². The molecule has 0 saturated carbocycles. The van der Waals surface area contributed by atoms with Gasteiger partial charge in [-0.05, 0) is 42.9 Å². The number of hydrogen-bond acceptors (Lipinski definition) is 5. The molecule has 21 heavy (non-hydrogen) atoms. The predicted molar refractivity (Wildman–Crippen MR) is 89.6 cm³/mol. The SMILES string of the molecule is O=S(=O)(c1cccs1)N1CCC(NC[C@H]2CCCS2)CC1. The van der Waals surface area contributed by atoms with E-state index in [1.165, 1.54) is 29.9 Å². The third kappa shape index (κ3) is 3.82. The zero-order chi connectivity index (χ0) is 14.7. The van der Waals surface area contributed by atoms with Crippen LogP contribution in [0.25, 0.3) is 0 Å². The summed E-state index contributed by atoms with van der Waals surface area (Å²) in [7, 11) is -3.25. The molecule has 2 aliphatic rings. The Bertz CT molecular complexity index is 531. The maximum Gasteiger partial charge on any atom is 0.252 e.